The number of nitriles is 1. The van der Waals surface area contributed by atoms with E-state index in [0.29, 0.717) is 10.6 Å². The van der Waals surface area contributed by atoms with Crippen molar-refractivity contribution in [2.75, 3.05) is 0 Å². The third kappa shape index (κ3) is 1.98. The van der Waals surface area contributed by atoms with Crippen LogP contribution in [0.25, 0.3) is 10.4 Å². The summed E-state index contributed by atoms with van der Waals surface area (Å²) in [6.07, 6.45) is 0. The molecule has 74 valence electrons. The van der Waals surface area contributed by atoms with Gasteiger partial charge < -0.3 is 0 Å². The molecule has 0 fully saturated rings. The van der Waals surface area contributed by atoms with Crippen molar-refractivity contribution in [1.29, 1.82) is 5.26 Å². The van der Waals surface area contributed by atoms with Gasteiger partial charge in [0.25, 0.3) is 0 Å². The molecule has 0 unspecified atom stereocenters. The van der Waals surface area contributed by atoms with Gasteiger partial charge in [0.15, 0.2) is 5.15 Å². The molecule has 0 bridgehead atoms. The van der Waals surface area contributed by atoms with E-state index in [1.54, 1.807) is 12.1 Å². The number of halogens is 2. The molecule has 2 aromatic rings. The van der Waals surface area contributed by atoms with Gasteiger partial charge in [-0.1, -0.05) is 35.3 Å². The molecule has 0 aliphatic carbocycles. The first kappa shape index (κ1) is 10.4. The van der Waals surface area contributed by atoms with Crippen LogP contribution in [0.4, 0.5) is 0 Å². The fraction of sp³-hybridized carbons (Fsp3) is 0. The van der Waals surface area contributed by atoms with Gasteiger partial charge in [0.2, 0.25) is 0 Å². The number of hydrogen-bond donors (Lipinski definition) is 0. The smallest absolute Gasteiger partial charge is 0.161 e. The van der Waals surface area contributed by atoms with E-state index in [9.17, 15) is 0 Å². The highest BCUT2D eigenvalue weighted by Crippen LogP contribution is 2.32. The summed E-state index contributed by atoms with van der Waals surface area (Å²) in [5.74, 6) is 0. The van der Waals surface area contributed by atoms with Crippen LogP contribution in [0, 0.1) is 11.3 Å². The molecule has 1 aromatic carbocycles. The third-order valence-electron chi connectivity index (χ3n) is 1.87. The van der Waals surface area contributed by atoms with Crippen molar-refractivity contribution in [2.45, 2.75) is 0 Å². The Kier molecular flexibility index (Phi) is 2.92. The molecule has 0 spiro atoms. The van der Waals surface area contributed by atoms with Gasteiger partial charge in [-0.2, -0.15) is 9.64 Å². The molecule has 0 radical (unpaired) electrons. The minimum Gasteiger partial charge on any atom is -0.192 e. The molecule has 15 heavy (non-hydrogen) atoms. The maximum atomic E-state index is 8.91. The van der Waals surface area contributed by atoms with Crippen LogP contribution in [0.2, 0.25) is 10.2 Å². The van der Waals surface area contributed by atoms with Gasteiger partial charge in [-0.3, -0.25) is 0 Å². The van der Waals surface area contributed by atoms with Crippen molar-refractivity contribution < 1.29 is 0 Å². The lowest BCUT2D eigenvalue weighted by atomic mass is 10.1. The summed E-state index contributed by atoms with van der Waals surface area (Å²) >= 11 is 12.8. The molecule has 0 saturated heterocycles. The minimum absolute atomic E-state index is 0.257. The van der Waals surface area contributed by atoms with E-state index in [-0.39, 0.29) is 5.15 Å². The van der Waals surface area contributed by atoms with Gasteiger partial charge in [-0.25, -0.2) is 0 Å². The average Bonchev–Trinajstić information content (AvgIpc) is 2.61. The second kappa shape index (κ2) is 4.19. The highest BCUT2D eigenvalue weighted by Gasteiger charge is 2.12. The van der Waals surface area contributed by atoms with E-state index in [1.807, 2.05) is 18.2 Å². The molecule has 0 aliphatic rings. The van der Waals surface area contributed by atoms with Gasteiger partial charge in [0.1, 0.15) is 11.6 Å². The lowest BCUT2D eigenvalue weighted by molar-refractivity contribution is 1.47. The highest BCUT2D eigenvalue weighted by atomic mass is 35.5. The molecule has 0 N–H and O–H groups in total. The van der Waals surface area contributed by atoms with E-state index in [2.05, 4.69) is 4.37 Å². The van der Waals surface area contributed by atoms with Crippen molar-refractivity contribution in [3.63, 3.8) is 0 Å². The summed E-state index contributed by atoms with van der Waals surface area (Å²) < 4.78 is 3.94. The van der Waals surface area contributed by atoms with Crippen molar-refractivity contribution in [2.24, 2.45) is 0 Å². The van der Waals surface area contributed by atoms with Crippen LogP contribution in [0.1, 0.15) is 5.56 Å². The number of aromatic nitrogens is 1. The summed E-state index contributed by atoms with van der Waals surface area (Å²) in [6.45, 7) is 0. The highest BCUT2D eigenvalue weighted by molar-refractivity contribution is 7.10. The Morgan fingerprint density at radius 3 is 2.47 bits per heavy atom. The summed E-state index contributed by atoms with van der Waals surface area (Å²) in [5.41, 5.74) is 1.32. The van der Waals surface area contributed by atoms with E-state index < -0.39 is 0 Å². The number of benzene rings is 1. The van der Waals surface area contributed by atoms with E-state index in [1.165, 1.54) is 11.5 Å². The Morgan fingerprint density at radius 2 is 1.87 bits per heavy atom. The van der Waals surface area contributed by atoms with Gasteiger partial charge in [0.05, 0.1) is 4.88 Å². The number of hydrogen-bond acceptors (Lipinski definition) is 3. The van der Waals surface area contributed by atoms with Crippen LogP contribution < -0.4 is 0 Å². The van der Waals surface area contributed by atoms with Gasteiger partial charge >= 0.3 is 0 Å². The first-order chi connectivity index (χ1) is 7.22. The Labute approximate surface area is 101 Å². The van der Waals surface area contributed by atoms with Crippen LogP contribution in [0.3, 0.4) is 0 Å². The van der Waals surface area contributed by atoms with Crippen LogP contribution in [0.15, 0.2) is 24.3 Å². The standard InChI is InChI=1S/C10H4Cl2N2S/c11-7-3-1-6(2-4-7)9-8(5-13)10(12)14-15-9/h1-4H. The molecule has 0 saturated carbocycles. The maximum Gasteiger partial charge on any atom is 0.161 e. The second-order valence-corrected chi connectivity index (χ2v) is 4.36. The number of rotatable bonds is 1. The second-order valence-electron chi connectivity index (χ2n) is 2.80. The molecule has 2 rings (SSSR count). The van der Waals surface area contributed by atoms with E-state index in [4.69, 9.17) is 28.5 Å². The normalized spacial score (nSPS) is 9.93. The predicted molar refractivity (Wildman–Crippen MR) is 62.3 cm³/mol. The minimum atomic E-state index is 0.257. The first-order valence-electron chi connectivity index (χ1n) is 4.03. The predicted octanol–water partition coefficient (Wildman–Crippen LogP) is 3.99. The van der Waals surface area contributed by atoms with Crippen molar-refractivity contribution in [3.05, 3.63) is 40.0 Å². The molecule has 1 aromatic heterocycles. The van der Waals surface area contributed by atoms with E-state index in [0.717, 1.165) is 10.4 Å². The fourth-order valence-electron chi connectivity index (χ4n) is 1.17. The molecule has 5 heteroatoms. The van der Waals surface area contributed by atoms with Crippen molar-refractivity contribution in [3.8, 4) is 16.5 Å². The summed E-state index contributed by atoms with van der Waals surface area (Å²) in [7, 11) is 0. The molecular weight excluding hydrogens is 251 g/mol. The van der Waals surface area contributed by atoms with Crippen LogP contribution >= 0.6 is 34.7 Å². The Bertz CT molecular complexity index is 525. The average molecular weight is 255 g/mol. The van der Waals surface area contributed by atoms with Gasteiger partial charge in [0, 0.05) is 5.02 Å². The van der Waals surface area contributed by atoms with Gasteiger partial charge in [-0.15, -0.1) is 0 Å². The largest absolute Gasteiger partial charge is 0.192 e. The third-order valence-corrected chi connectivity index (χ3v) is 3.39. The molecule has 0 amide bonds. The monoisotopic (exact) mass is 254 g/mol. The van der Waals surface area contributed by atoms with Crippen LogP contribution in [-0.2, 0) is 0 Å². The number of nitrogens with zero attached hydrogens (tertiary/aromatic N) is 2. The Balaban J connectivity index is 2.55. The summed E-state index contributed by atoms with van der Waals surface area (Å²) in [4.78, 5) is 0.777. The Morgan fingerprint density at radius 1 is 1.20 bits per heavy atom. The SMILES string of the molecule is N#Cc1c(Cl)nsc1-c1ccc(Cl)cc1. The lowest BCUT2D eigenvalue weighted by Gasteiger charge is -1.97. The Hall–Kier alpha value is -1.08. The lowest BCUT2D eigenvalue weighted by Crippen LogP contribution is -1.77. The molecule has 2 nitrogen and oxygen atoms in total. The zero-order valence-corrected chi connectivity index (χ0v) is 9.70. The van der Waals surface area contributed by atoms with Crippen LogP contribution in [0.5, 0.6) is 0 Å². The summed E-state index contributed by atoms with van der Waals surface area (Å²) in [5, 5.41) is 9.83. The first-order valence-corrected chi connectivity index (χ1v) is 5.56. The summed E-state index contributed by atoms with van der Waals surface area (Å²) in [6, 6.07) is 9.26. The van der Waals surface area contributed by atoms with Crippen molar-refractivity contribution >= 4 is 34.7 Å². The van der Waals surface area contributed by atoms with E-state index >= 15 is 0 Å². The maximum absolute atomic E-state index is 8.91. The zero-order chi connectivity index (χ0) is 10.8. The van der Waals surface area contributed by atoms with Crippen LogP contribution in [-0.4, -0.2) is 4.37 Å². The van der Waals surface area contributed by atoms with Gasteiger partial charge in [-0.05, 0) is 29.2 Å². The molecular formula is C10H4Cl2N2S. The molecule has 0 atom stereocenters. The van der Waals surface area contributed by atoms with Crippen molar-refractivity contribution in [1.82, 2.24) is 4.37 Å². The topological polar surface area (TPSA) is 36.7 Å². The zero-order valence-electron chi connectivity index (χ0n) is 7.37. The fourth-order valence-corrected chi connectivity index (χ4v) is 2.33. The molecule has 1 heterocycles. The molecule has 0 aliphatic heterocycles. The quantitative estimate of drug-likeness (QED) is 0.772.